The van der Waals surface area contributed by atoms with Crippen molar-refractivity contribution in [2.45, 2.75) is 13.0 Å². The Morgan fingerprint density at radius 2 is 2.12 bits per heavy atom. The van der Waals surface area contributed by atoms with Crippen molar-refractivity contribution in [2.24, 2.45) is 0 Å². The Kier molecular flexibility index (Phi) is 3.41. The van der Waals surface area contributed by atoms with Crippen molar-refractivity contribution >= 4 is 11.6 Å². The molecule has 0 aliphatic carbocycles. The third-order valence-electron chi connectivity index (χ3n) is 2.56. The first kappa shape index (κ1) is 12.0. The van der Waals surface area contributed by atoms with E-state index < -0.39 is 6.10 Å². The summed E-state index contributed by atoms with van der Waals surface area (Å²) in [5.74, 6) is -0.353. The molecule has 0 aliphatic rings. The molecular formula is C13H11ClFNO. The first-order valence-electron chi connectivity index (χ1n) is 5.14. The Labute approximate surface area is 104 Å². The normalized spacial score (nSPS) is 12.5. The average Bonchev–Trinajstić information content (AvgIpc) is 2.32. The van der Waals surface area contributed by atoms with Gasteiger partial charge in [0.25, 0.3) is 0 Å². The van der Waals surface area contributed by atoms with Crippen LogP contribution < -0.4 is 0 Å². The standard InChI is InChI=1S/C13H11ClFNO/c1-8-4-5-9(7-11(8)15)13(17)12-10(14)3-2-6-16-12/h2-7,13,17H,1H3. The van der Waals surface area contributed by atoms with Crippen LogP contribution in [0, 0.1) is 12.7 Å². The number of benzene rings is 1. The van der Waals surface area contributed by atoms with Gasteiger partial charge in [-0.05, 0) is 36.2 Å². The summed E-state index contributed by atoms with van der Waals surface area (Å²) < 4.78 is 13.4. The predicted octanol–water partition coefficient (Wildman–Crippen LogP) is 3.26. The van der Waals surface area contributed by atoms with Gasteiger partial charge in [0.1, 0.15) is 11.9 Å². The van der Waals surface area contributed by atoms with Crippen molar-refractivity contribution in [1.29, 1.82) is 0 Å². The van der Waals surface area contributed by atoms with Crippen molar-refractivity contribution < 1.29 is 9.50 Å². The van der Waals surface area contributed by atoms with E-state index >= 15 is 0 Å². The maximum absolute atomic E-state index is 13.4. The maximum atomic E-state index is 13.4. The van der Waals surface area contributed by atoms with Gasteiger partial charge in [-0.15, -0.1) is 0 Å². The van der Waals surface area contributed by atoms with Gasteiger partial charge in [0.2, 0.25) is 0 Å². The minimum Gasteiger partial charge on any atom is -0.382 e. The number of aryl methyl sites for hydroxylation is 1. The quantitative estimate of drug-likeness (QED) is 0.889. The lowest BCUT2D eigenvalue weighted by molar-refractivity contribution is 0.215. The zero-order valence-corrected chi connectivity index (χ0v) is 9.95. The summed E-state index contributed by atoms with van der Waals surface area (Å²) in [5.41, 5.74) is 1.30. The van der Waals surface area contributed by atoms with Crippen molar-refractivity contribution in [2.75, 3.05) is 0 Å². The van der Waals surface area contributed by atoms with E-state index in [1.165, 1.54) is 12.3 Å². The highest BCUT2D eigenvalue weighted by atomic mass is 35.5. The molecule has 2 aromatic rings. The molecule has 1 heterocycles. The zero-order valence-electron chi connectivity index (χ0n) is 9.19. The lowest BCUT2D eigenvalue weighted by Gasteiger charge is -2.12. The van der Waals surface area contributed by atoms with Gasteiger partial charge in [0, 0.05) is 6.20 Å². The first-order chi connectivity index (χ1) is 8.09. The van der Waals surface area contributed by atoms with E-state index in [1.54, 1.807) is 31.2 Å². The zero-order chi connectivity index (χ0) is 12.4. The van der Waals surface area contributed by atoms with E-state index in [9.17, 15) is 9.50 Å². The Balaban J connectivity index is 2.40. The van der Waals surface area contributed by atoms with Gasteiger partial charge in [-0.25, -0.2) is 4.39 Å². The Morgan fingerprint density at radius 3 is 2.76 bits per heavy atom. The van der Waals surface area contributed by atoms with E-state index in [1.807, 2.05) is 0 Å². The van der Waals surface area contributed by atoms with Crippen LogP contribution in [0.4, 0.5) is 4.39 Å². The van der Waals surface area contributed by atoms with Crippen LogP contribution in [-0.2, 0) is 0 Å². The fourth-order valence-corrected chi connectivity index (χ4v) is 1.76. The summed E-state index contributed by atoms with van der Waals surface area (Å²) in [6, 6.07) is 7.88. The molecule has 17 heavy (non-hydrogen) atoms. The van der Waals surface area contributed by atoms with Crippen LogP contribution in [0.5, 0.6) is 0 Å². The largest absolute Gasteiger partial charge is 0.382 e. The molecule has 88 valence electrons. The molecule has 2 rings (SSSR count). The third-order valence-corrected chi connectivity index (χ3v) is 2.88. The number of aromatic nitrogens is 1. The van der Waals surface area contributed by atoms with E-state index in [0.29, 0.717) is 21.8 Å². The van der Waals surface area contributed by atoms with Gasteiger partial charge in [-0.2, -0.15) is 0 Å². The van der Waals surface area contributed by atoms with Crippen LogP contribution in [0.25, 0.3) is 0 Å². The molecule has 0 spiro atoms. The number of hydrogen-bond donors (Lipinski definition) is 1. The molecule has 0 aliphatic heterocycles. The molecule has 1 aromatic heterocycles. The molecule has 0 bridgehead atoms. The van der Waals surface area contributed by atoms with Crippen LogP contribution in [0.2, 0.25) is 5.02 Å². The van der Waals surface area contributed by atoms with E-state index in [4.69, 9.17) is 11.6 Å². The minimum atomic E-state index is -1.02. The number of nitrogens with zero attached hydrogens (tertiary/aromatic N) is 1. The van der Waals surface area contributed by atoms with Gasteiger partial charge in [0.05, 0.1) is 10.7 Å². The molecule has 1 unspecified atom stereocenters. The van der Waals surface area contributed by atoms with Crippen molar-refractivity contribution in [3.8, 4) is 0 Å². The summed E-state index contributed by atoms with van der Waals surface area (Å²) in [6.45, 7) is 1.67. The lowest BCUT2D eigenvalue weighted by atomic mass is 10.0. The second-order valence-electron chi connectivity index (χ2n) is 3.78. The molecule has 1 aromatic carbocycles. The predicted molar refractivity (Wildman–Crippen MR) is 64.4 cm³/mol. The molecule has 2 nitrogen and oxygen atoms in total. The van der Waals surface area contributed by atoms with E-state index in [-0.39, 0.29) is 5.82 Å². The highest BCUT2D eigenvalue weighted by molar-refractivity contribution is 6.31. The van der Waals surface area contributed by atoms with Crippen LogP contribution in [-0.4, -0.2) is 10.1 Å². The average molecular weight is 252 g/mol. The number of hydrogen-bond acceptors (Lipinski definition) is 2. The smallest absolute Gasteiger partial charge is 0.126 e. The molecule has 1 N–H and O–H groups in total. The SMILES string of the molecule is Cc1ccc(C(O)c2ncccc2Cl)cc1F. The lowest BCUT2D eigenvalue weighted by Crippen LogP contribution is -2.03. The fourth-order valence-electron chi connectivity index (χ4n) is 1.54. The molecule has 0 saturated carbocycles. The highest BCUT2D eigenvalue weighted by Crippen LogP contribution is 2.26. The summed E-state index contributed by atoms with van der Waals surface area (Å²) in [5, 5.41) is 10.4. The monoisotopic (exact) mass is 251 g/mol. The number of pyridine rings is 1. The second-order valence-corrected chi connectivity index (χ2v) is 4.19. The molecule has 0 saturated heterocycles. The summed E-state index contributed by atoms with van der Waals surface area (Å²) in [7, 11) is 0. The first-order valence-corrected chi connectivity index (χ1v) is 5.52. The molecular weight excluding hydrogens is 241 g/mol. The fraction of sp³-hybridized carbons (Fsp3) is 0.154. The summed E-state index contributed by atoms with van der Waals surface area (Å²) >= 11 is 5.92. The number of rotatable bonds is 2. The van der Waals surface area contributed by atoms with Gasteiger partial charge >= 0.3 is 0 Å². The van der Waals surface area contributed by atoms with E-state index in [0.717, 1.165) is 0 Å². The van der Waals surface area contributed by atoms with Crippen molar-refractivity contribution in [3.05, 3.63) is 64.2 Å². The minimum absolute atomic E-state index is 0.331. The molecule has 1 atom stereocenters. The summed E-state index contributed by atoms with van der Waals surface area (Å²) in [4.78, 5) is 4.00. The Morgan fingerprint density at radius 1 is 1.35 bits per heavy atom. The Hall–Kier alpha value is -1.45. The van der Waals surface area contributed by atoms with Gasteiger partial charge in [-0.1, -0.05) is 23.7 Å². The summed E-state index contributed by atoms with van der Waals surface area (Å²) in [6.07, 6.45) is 0.522. The maximum Gasteiger partial charge on any atom is 0.126 e. The van der Waals surface area contributed by atoms with Gasteiger partial charge in [0.15, 0.2) is 0 Å². The van der Waals surface area contributed by atoms with Crippen LogP contribution in [0.15, 0.2) is 36.5 Å². The van der Waals surface area contributed by atoms with Crippen LogP contribution in [0.1, 0.15) is 22.9 Å². The number of halogens is 2. The highest BCUT2D eigenvalue weighted by Gasteiger charge is 2.16. The van der Waals surface area contributed by atoms with Gasteiger partial charge in [-0.3, -0.25) is 4.98 Å². The van der Waals surface area contributed by atoms with Crippen LogP contribution in [0.3, 0.4) is 0 Å². The van der Waals surface area contributed by atoms with E-state index in [2.05, 4.69) is 4.98 Å². The molecule has 4 heteroatoms. The van der Waals surface area contributed by atoms with Crippen LogP contribution >= 0.6 is 11.6 Å². The topological polar surface area (TPSA) is 33.1 Å². The molecule has 0 radical (unpaired) electrons. The molecule has 0 fully saturated rings. The Bertz CT molecular complexity index is 545. The number of aliphatic hydroxyl groups is 1. The van der Waals surface area contributed by atoms with Crippen molar-refractivity contribution in [1.82, 2.24) is 4.98 Å². The third kappa shape index (κ3) is 2.46. The van der Waals surface area contributed by atoms with Gasteiger partial charge < -0.3 is 5.11 Å². The second kappa shape index (κ2) is 4.82. The number of aliphatic hydroxyl groups excluding tert-OH is 1. The molecule has 0 amide bonds. The van der Waals surface area contributed by atoms with Crippen molar-refractivity contribution in [3.63, 3.8) is 0 Å².